The van der Waals surface area contributed by atoms with Crippen molar-refractivity contribution >= 4 is 22.6 Å². The maximum atomic E-state index is 12.9. The number of anilines is 1. The number of rotatable bonds is 6. The standard InChI is InChI=1S/C31H35N5O4/c1-34-8-10-35(11-9-34)29-27(38-2)17-23(18-28(29)39-3)24-16-25-26(20-33-30(25)32-19-24)21-4-6-22(7-5-21)31(37)36-12-14-40-15-13-36/h4-7,16-20H,8-15H2,1-3H3,(H,32,33). The normalized spacial score (nSPS) is 16.4. The number of H-pyrrole nitrogens is 1. The van der Waals surface area contributed by atoms with Crippen LogP contribution in [-0.4, -0.2) is 99.4 Å². The van der Waals surface area contributed by atoms with Crippen molar-refractivity contribution in [1.82, 2.24) is 19.8 Å². The number of aromatic nitrogens is 2. The summed E-state index contributed by atoms with van der Waals surface area (Å²) in [5.41, 5.74) is 6.47. The Morgan fingerprint density at radius 2 is 1.55 bits per heavy atom. The average Bonchev–Trinajstić information content (AvgIpc) is 3.44. The number of nitrogens with zero attached hydrogens (tertiary/aromatic N) is 4. The fourth-order valence-electron chi connectivity index (χ4n) is 5.54. The van der Waals surface area contributed by atoms with E-state index in [1.165, 1.54) is 0 Å². The molecule has 9 nitrogen and oxygen atoms in total. The molecule has 0 spiro atoms. The van der Waals surface area contributed by atoms with Crippen molar-refractivity contribution in [3.63, 3.8) is 0 Å². The molecule has 2 aromatic heterocycles. The number of nitrogens with one attached hydrogen (secondary N) is 1. The van der Waals surface area contributed by atoms with E-state index in [1.54, 1.807) is 14.2 Å². The van der Waals surface area contributed by atoms with Crippen LogP contribution in [0.1, 0.15) is 10.4 Å². The molecule has 4 heterocycles. The van der Waals surface area contributed by atoms with E-state index in [0.717, 1.165) is 76.7 Å². The monoisotopic (exact) mass is 541 g/mol. The number of pyridine rings is 1. The molecule has 40 heavy (non-hydrogen) atoms. The van der Waals surface area contributed by atoms with Gasteiger partial charge in [0.25, 0.3) is 5.91 Å². The minimum atomic E-state index is 0.0423. The molecule has 0 aliphatic carbocycles. The number of hydrogen-bond acceptors (Lipinski definition) is 7. The Kier molecular flexibility index (Phi) is 7.32. The Hall–Kier alpha value is -4.08. The second-order valence-electron chi connectivity index (χ2n) is 10.3. The third kappa shape index (κ3) is 4.98. The lowest BCUT2D eigenvalue weighted by Crippen LogP contribution is -2.44. The summed E-state index contributed by atoms with van der Waals surface area (Å²) in [6, 6.07) is 14.1. The predicted octanol–water partition coefficient (Wildman–Crippen LogP) is 4.14. The molecule has 2 aliphatic rings. The van der Waals surface area contributed by atoms with Gasteiger partial charge in [-0.05, 0) is 48.5 Å². The third-order valence-electron chi connectivity index (χ3n) is 7.90. The van der Waals surface area contributed by atoms with Crippen molar-refractivity contribution < 1.29 is 19.0 Å². The zero-order chi connectivity index (χ0) is 27.6. The van der Waals surface area contributed by atoms with Gasteiger partial charge in [0.2, 0.25) is 0 Å². The molecule has 1 amide bonds. The van der Waals surface area contributed by atoms with E-state index in [1.807, 2.05) is 41.6 Å². The molecule has 0 unspecified atom stereocenters. The van der Waals surface area contributed by atoms with Crippen LogP contribution in [0.25, 0.3) is 33.3 Å². The molecule has 6 rings (SSSR count). The topological polar surface area (TPSA) is 83.2 Å². The van der Waals surface area contributed by atoms with E-state index < -0.39 is 0 Å². The van der Waals surface area contributed by atoms with Crippen LogP contribution in [0.4, 0.5) is 5.69 Å². The smallest absolute Gasteiger partial charge is 0.254 e. The Balaban J connectivity index is 1.32. The summed E-state index contributed by atoms with van der Waals surface area (Å²) in [6.07, 6.45) is 3.84. The van der Waals surface area contributed by atoms with Gasteiger partial charge in [-0.2, -0.15) is 0 Å². The van der Waals surface area contributed by atoms with Gasteiger partial charge in [0.15, 0.2) is 0 Å². The van der Waals surface area contributed by atoms with Crippen molar-refractivity contribution in [1.29, 1.82) is 0 Å². The minimum Gasteiger partial charge on any atom is -0.494 e. The first-order valence-corrected chi connectivity index (χ1v) is 13.7. The molecule has 0 bridgehead atoms. The largest absolute Gasteiger partial charge is 0.494 e. The predicted molar refractivity (Wildman–Crippen MR) is 157 cm³/mol. The van der Waals surface area contributed by atoms with Crippen LogP contribution in [0.2, 0.25) is 0 Å². The van der Waals surface area contributed by atoms with Crippen molar-refractivity contribution in [2.24, 2.45) is 0 Å². The maximum Gasteiger partial charge on any atom is 0.254 e. The van der Waals surface area contributed by atoms with Gasteiger partial charge in [-0.15, -0.1) is 0 Å². The lowest BCUT2D eigenvalue weighted by Gasteiger charge is -2.35. The number of benzene rings is 2. The fraction of sp³-hybridized carbons (Fsp3) is 0.355. The van der Waals surface area contributed by atoms with Crippen LogP contribution in [0.3, 0.4) is 0 Å². The fourth-order valence-corrected chi connectivity index (χ4v) is 5.54. The van der Waals surface area contributed by atoms with E-state index in [-0.39, 0.29) is 5.91 Å². The van der Waals surface area contributed by atoms with Crippen LogP contribution < -0.4 is 14.4 Å². The number of carbonyl (C=O) groups is 1. The molecule has 208 valence electrons. The van der Waals surface area contributed by atoms with Gasteiger partial charge < -0.3 is 33.9 Å². The Labute approximate surface area is 234 Å². The molecule has 0 atom stereocenters. The van der Waals surface area contributed by atoms with Crippen molar-refractivity contribution in [3.05, 3.63) is 60.4 Å². The minimum absolute atomic E-state index is 0.0423. The van der Waals surface area contributed by atoms with Gasteiger partial charge in [-0.1, -0.05) is 12.1 Å². The van der Waals surface area contributed by atoms with Gasteiger partial charge in [0.05, 0.1) is 27.4 Å². The molecule has 0 saturated carbocycles. The van der Waals surface area contributed by atoms with Crippen LogP contribution in [0.5, 0.6) is 11.5 Å². The molecule has 4 aromatic rings. The molecule has 2 saturated heterocycles. The Morgan fingerprint density at radius 3 is 2.20 bits per heavy atom. The summed E-state index contributed by atoms with van der Waals surface area (Å²) in [7, 11) is 5.56. The van der Waals surface area contributed by atoms with E-state index >= 15 is 0 Å². The number of methoxy groups -OCH3 is 2. The summed E-state index contributed by atoms with van der Waals surface area (Å²) in [5, 5.41) is 1.01. The average molecular weight is 542 g/mol. The lowest BCUT2D eigenvalue weighted by molar-refractivity contribution is 0.0303. The Morgan fingerprint density at radius 1 is 0.875 bits per heavy atom. The van der Waals surface area contributed by atoms with Gasteiger partial charge in [-0.25, -0.2) is 4.98 Å². The van der Waals surface area contributed by atoms with Crippen LogP contribution in [0, 0.1) is 0 Å². The number of morpholine rings is 1. The highest BCUT2D eigenvalue weighted by molar-refractivity contribution is 5.98. The molecule has 9 heteroatoms. The summed E-state index contributed by atoms with van der Waals surface area (Å²) in [4.78, 5) is 27.4. The number of hydrogen-bond donors (Lipinski definition) is 1. The molecular weight excluding hydrogens is 506 g/mol. The van der Waals surface area contributed by atoms with Crippen molar-refractivity contribution in [2.45, 2.75) is 0 Å². The molecule has 1 N–H and O–H groups in total. The number of aromatic amines is 1. The van der Waals surface area contributed by atoms with Gasteiger partial charge >= 0.3 is 0 Å². The maximum absolute atomic E-state index is 12.9. The zero-order valence-corrected chi connectivity index (χ0v) is 23.3. The number of amides is 1. The first kappa shape index (κ1) is 26.2. The van der Waals surface area contributed by atoms with E-state index in [2.05, 4.69) is 40.0 Å². The summed E-state index contributed by atoms with van der Waals surface area (Å²) in [6.45, 7) is 6.25. The van der Waals surface area contributed by atoms with Gasteiger partial charge in [0, 0.05) is 73.7 Å². The summed E-state index contributed by atoms with van der Waals surface area (Å²) < 4.78 is 17.1. The molecular formula is C31H35N5O4. The number of likely N-dealkylation sites (N-methyl/N-ethyl adjacent to an activating group) is 1. The van der Waals surface area contributed by atoms with Crippen LogP contribution >= 0.6 is 0 Å². The first-order valence-electron chi connectivity index (χ1n) is 13.7. The second kappa shape index (κ2) is 11.2. The van der Waals surface area contributed by atoms with Crippen LogP contribution in [-0.2, 0) is 4.74 Å². The highest BCUT2D eigenvalue weighted by atomic mass is 16.5. The molecule has 2 aliphatic heterocycles. The van der Waals surface area contributed by atoms with E-state index in [9.17, 15) is 4.79 Å². The molecule has 0 radical (unpaired) electrons. The molecule has 2 fully saturated rings. The van der Waals surface area contributed by atoms with E-state index in [0.29, 0.717) is 31.9 Å². The van der Waals surface area contributed by atoms with Crippen molar-refractivity contribution in [2.75, 3.05) is 78.6 Å². The number of fused-ring (bicyclic) bond motifs is 1. The third-order valence-corrected chi connectivity index (χ3v) is 7.90. The molecule has 2 aromatic carbocycles. The number of carbonyl (C=O) groups excluding carboxylic acids is 1. The lowest BCUT2D eigenvalue weighted by atomic mass is 10.00. The van der Waals surface area contributed by atoms with E-state index in [4.69, 9.17) is 19.2 Å². The second-order valence-corrected chi connectivity index (χ2v) is 10.3. The van der Waals surface area contributed by atoms with Crippen molar-refractivity contribution in [3.8, 4) is 33.8 Å². The quantitative estimate of drug-likeness (QED) is 0.393. The van der Waals surface area contributed by atoms with Gasteiger partial charge in [-0.3, -0.25) is 4.79 Å². The Bertz CT molecular complexity index is 1480. The highest BCUT2D eigenvalue weighted by Crippen LogP contribution is 2.43. The summed E-state index contributed by atoms with van der Waals surface area (Å²) >= 11 is 0. The van der Waals surface area contributed by atoms with Gasteiger partial charge in [0.1, 0.15) is 22.8 Å². The first-order chi connectivity index (χ1) is 19.6. The number of ether oxygens (including phenoxy) is 3. The highest BCUT2D eigenvalue weighted by Gasteiger charge is 2.23. The number of piperazine rings is 1. The summed E-state index contributed by atoms with van der Waals surface area (Å²) in [5.74, 6) is 1.61. The zero-order valence-electron chi connectivity index (χ0n) is 23.3. The van der Waals surface area contributed by atoms with Crippen LogP contribution in [0.15, 0.2) is 54.9 Å². The SMILES string of the molecule is COc1cc(-c2cnc3[nH]cc(-c4ccc(C(=O)N5CCOCC5)cc4)c3c2)cc(OC)c1N1CCN(C)CC1.